The highest BCUT2D eigenvalue weighted by Crippen LogP contribution is 1.76. The third-order valence-electron chi connectivity index (χ3n) is 0.581. The number of nitrogens with zero attached hydrogens (tertiary/aromatic N) is 1. The van der Waals surface area contributed by atoms with Crippen molar-refractivity contribution < 1.29 is 19.8 Å². The van der Waals surface area contributed by atoms with E-state index in [1.165, 1.54) is 13.0 Å². The van der Waals surface area contributed by atoms with E-state index in [9.17, 15) is 9.59 Å². The van der Waals surface area contributed by atoms with Crippen LogP contribution in [0.2, 0.25) is 0 Å². The minimum absolute atomic E-state index is 0.313. The summed E-state index contributed by atoms with van der Waals surface area (Å²) in [6, 6.07) is 1.47. The molecule has 0 fully saturated rings. The molecule has 4 N–H and O–H groups in total. The molecule has 0 spiro atoms. The number of allylic oxidation sites excluding steroid dienone is 1. The lowest BCUT2D eigenvalue weighted by Gasteiger charge is -1.81. The van der Waals surface area contributed by atoms with Crippen LogP contribution in [0.5, 0.6) is 0 Å². The molecule has 6 heteroatoms. The molecule has 0 saturated carbocycles. The van der Waals surface area contributed by atoms with E-state index in [2.05, 4.69) is 0 Å². The second kappa shape index (κ2) is 8.07. The monoisotopic (exact) mass is 186 g/mol. The minimum atomic E-state index is -1.07. The molecule has 0 unspecified atom stereocenters. The summed E-state index contributed by atoms with van der Waals surface area (Å²) in [5, 5.41) is 23.2. The van der Waals surface area contributed by atoms with Crippen molar-refractivity contribution in [2.45, 2.75) is 13.3 Å². The molecule has 0 radical (unpaired) electrons. The zero-order valence-corrected chi connectivity index (χ0v) is 7.02. The van der Waals surface area contributed by atoms with E-state index in [4.69, 9.17) is 21.2 Å². The smallest absolute Gasteiger partial charge is 0.330 e. The van der Waals surface area contributed by atoms with Gasteiger partial charge in [0.15, 0.2) is 0 Å². The molecule has 6 nitrogen and oxygen atoms in total. The van der Waals surface area contributed by atoms with E-state index in [1.54, 1.807) is 0 Å². The van der Waals surface area contributed by atoms with Crippen LogP contribution in [0.3, 0.4) is 0 Å². The van der Waals surface area contributed by atoms with Crippen LogP contribution in [0.15, 0.2) is 11.8 Å². The zero-order chi connectivity index (χ0) is 10.9. The molecule has 0 saturated heterocycles. The van der Waals surface area contributed by atoms with Gasteiger partial charge in [-0.15, -0.1) is 0 Å². The van der Waals surface area contributed by atoms with Crippen molar-refractivity contribution in [3.63, 3.8) is 0 Å². The predicted molar refractivity (Wildman–Crippen MR) is 43.4 cm³/mol. The highest BCUT2D eigenvalue weighted by Gasteiger charge is 1.87. The molecular weight excluding hydrogens is 176 g/mol. The van der Waals surface area contributed by atoms with Gasteiger partial charge in [0.05, 0.1) is 6.07 Å². The summed E-state index contributed by atoms with van der Waals surface area (Å²) in [6.45, 7) is 1.52. The Morgan fingerprint density at radius 2 is 2.00 bits per heavy atom. The van der Waals surface area contributed by atoms with Gasteiger partial charge in [0.25, 0.3) is 0 Å². The van der Waals surface area contributed by atoms with Gasteiger partial charge in [0, 0.05) is 11.8 Å². The normalized spacial score (nSPS) is 9.08. The van der Waals surface area contributed by atoms with E-state index >= 15 is 0 Å². The van der Waals surface area contributed by atoms with Gasteiger partial charge in [0.2, 0.25) is 0 Å². The average molecular weight is 186 g/mol. The largest absolute Gasteiger partial charge is 0.480 e. The second-order valence-corrected chi connectivity index (χ2v) is 1.96. The zero-order valence-electron chi connectivity index (χ0n) is 7.02. The van der Waals surface area contributed by atoms with Gasteiger partial charge in [-0.05, 0) is 6.92 Å². The Morgan fingerprint density at radius 1 is 1.54 bits per heavy atom. The van der Waals surface area contributed by atoms with Crippen molar-refractivity contribution in [3.8, 4) is 6.07 Å². The third kappa shape index (κ3) is 25.6. The molecule has 72 valence electrons. The van der Waals surface area contributed by atoms with Gasteiger partial charge in [-0.25, -0.2) is 4.79 Å². The van der Waals surface area contributed by atoms with E-state index in [1.807, 2.05) is 0 Å². The van der Waals surface area contributed by atoms with Crippen LogP contribution in [0, 0.1) is 11.3 Å². The van der Waals surface area contributed by atoms with Crippen molar-refractivity contribution in [2.24, 2.45) is 5.73 Å². The summed E-state index contributed by atoms with van der Waals surface area (Å²) in [4.78, 5) is 19.0. The first kappa shape index (κ1) is 13.6. The first-order valence-electron chi connectivity index (χ1n) is 3.15. The molecule has 0 rings (SSSR count). The van der Waals surface area contributed by atoms with Crippen molar-refractivity contribution >= 4 is 11.9 Å². The summed E-state index contributed by atoms with van der Waals surface area (Å²) in [7, 11) is 0. The fourth-order valence-corrected chi connectivity index (χ4v) is 0.262. The number of carbonyl (C=O) groups is 2. The summed E-state index contributed by atoms with van der Waals surface area (Å²) < 4.78 is 0. The van der Waals surface area contributed by atoms with Crippen LogP contribution in [0.4, 0.5) is 0 Å². The Hall–Kier alpha value is -2.03. The number of nitriles is 1. The van der Waals surface area contributed by atoms with Crippen molar-refractivity contribution in [1.29, 1.82) is 5.26 Å². The SMILES string of the molecule is C/C(N)=C/C(=O)O.N#CCC(=O)O. The fraction of sp³-hybridized carbons (Fsp3) is 0.286. The first-order chi connectivity index (χ1) is 5.90. The number of aliphatic carboxylic acids is 2. The molecule has 0 heterocycles. The lowest BCUT2D eigenvalue weighted by Crippen LogP contribution is -1.96. The van der Waals surface area contributed by atoms with Crippen LogP contribution < -0.4 is 5.73 Å². The Labute approximate surface area is 74.9 Å². The Morgan fingerprint density at radius 3 is 2.00 bits per heavy atom. The number of carboxylic acid groups (broad SMARTS) is 2. The summed E-state index contributed by atoms with van der Waals surface area (Å²) in [5.41, 5.74) is 5.29. The van der Waals surface area contributed by atoms with E-state index < -0.39 is 18.4 Å². The van der Waals surface area contributed by atoms with Crippen LogP contribution >= 0.6 is 0 Å². The van der Waals surface area contributed by atoms with Gasteiger partial charge in [0.1, 0.15) is 6.42 Å². The van der Waals surface area contributed by atoms with Crippen molar-refractivity contribution in [3.05, 3.63) is 11.8 Å². The maximum absolute atomic E-state index is 9.65. The molecule has 0 amide bonds. The Kier molecular flexibility index (Phi) is 8.41. The van der Waals surface area contributed by atoms with Crippen LogP contribution in [-0.2, 0) is 9.59 Å². The van der Waals surface area contributed by atoms with E-state index in [0.717, 1.165) is 6.08 Å². The molecule has 0 aliphatic rings. The maximum Gasteiger partial charge on any atom is 0.330 e. The second-order valence-electron chi connectivity index (χ2n) is 1.96. The van der Waals surface area contributed by atoms with E-state index in [0.29, 0.717) is 5.70 Å². The fourth-order valence-electron chi connectivity index (χ4n) is 0.262. The molecule has 0 aliphatic carbocycles. The lowest BCUT2D eigenvalue weighted by atomic mass is 10.5. The number of rotatable bonds is 2. The standard InChI is InChI=1S/C4H7NO2.C3H3NO2/c1-3(5)2-4(6)7;4-2-1-3(5)6/h2H,5H2,1H3,(H,6,7);1H2,(H,5,6)/b3-2-;. The quantitative estimate of drug-likeness (QED) is 0.518. The topological polar surface area (TPSA) is 124 Å². The van der Waals surface area contributed by atoms with Gasteiger partial charge in [-0.1, -0.05) is 0 Å². The third-order valence-corrected chi connectivity index (χ3v) is 0.581. The Bertz CT molecular complexity index is 248. The molecule has 0 atom stereocenters. The number of nitrogens with two attached hydrogens (primary N) is 1. The Balaban J connectivity index is 0. The highest BCUT2D eigenvalue weighted by molar-refractivity contribution is 5.80. The minimum Gasteiger partial charge on any atom is -0.480 e. The lowest BCUT2D eigenvalue weighted by molar-refractivity contribution is -0.136. The maximum atomic E-state index is 9.65. The van der Waals surface area contributed by atoms with Gasteiger partial charge >= 0.3 is 11.9 Å². The molecule has 0 aliphatic heterocycles. The van der Waals surface area contributed by atoms with Crippen molar-refractivity contribution in [1.82, 2.24) is 0 Å². The van der Waals surface area contributed by atoms with E-state index in [-0.39, 0.29) is 0 Å². The number of carboxylic acids is 2. The summed E-state index contributed by atoms with van der Waals surface area (Å²) >= 11 is 0. The van der Waals surface area contributed by atoms with Crippen LogP contribution in [0.1, 0.15) is 13.3 Å². The molecule has 0 aromatic rings. The highest BCUT2D eigenvalue weighted by atomic mass is 16.4. The first-order valence-corrected chi connectivity index (χ1v) is 3.15. The summed E-state index contributed by atoms with van der Waals surface area (Å²) in [6.07, 6.45) is 0.542. The predicted octanol–water partition coefficient (Wildman–Crippen LogP) is -0.0818. The molecule has 0 aromatic carbocycles. The van der Waals surface area contributed by atoms with Gasteiger partial charge in [-0.2, -0.15) is 5.26 Å². The van der Waals surface area contributed by atoms with Gasteiger partial charge in [-0.3, -0.25) is 4.79 Å². The van der Waals surface area contributed by atoms with Crippen LogP contribution in [-0.4, -0.2) is 22.2 Å². The van der Waals surface area contributed by atoms with Crippen molar-refractivity contribution in [2.75, 3.05) is 0 Å². The van der Waals surface area contributed by atoms with Gasteiger partial charge < -0.3 is 15.9 Å². The summed E-state index contributed by atoms with van der Waals surface area (Å²) in [5.74, 6) is -2.07. The molecule has 13 heavy (non-hydrogen) atoms. The average Bonchev–Trinajstić information content (AvgIpc) is 1.83. The molecule has 0 bridgehead atoms. The number of hydrogen-bond donors (Lipinski definition) is 3. The van der Waals surface area contributed by atoms with Crippen LogP contribution in [0.25, 0.3) is 0 Å². The number of hydrogen-bond acceptors (Lipinski definition) is 4. The molecular formula is C7H10N2O4. The molecule has 0 aromatic heterocycles.